The van der Waals surface area contributed by atoms with Crippen LogP contribution >= 0.6 is 0 Å². The molecule has 0 aliphatic heterocycles. The fraction of sp³-hybridized carbons (Fsp3) is 0.455. The van der Waals surface area contributed by atoms with Crippen molar-refractivity contribution < 1.29 is 18.3 Å². The molecule has 1 nitrogen and oxygen atoms in total. The summed E-state index contributed by atoms with van der Waals surface area (Å²) in [6, 6.07) is 3.58. The SMILES string of the molecule is Cc1cc(C(F)(F)F)ccc1C[C@@H](C)O. The van der Waals surface area contributed by atoms with Gasteiger partial charge in [0.2, 0.25) is 0 Å². The average molecular weight is 218 g/mol. The van der Waals surface area contributed by atoms with Crippen molar-refractivity contribution in [2.45, 2.75) is 32.5 Å². The van der Waals surface area contributed by atoms with Gasteiger partial charge in [0.25, 0.3) is 0 Å². The molecule has 0 saturated carbocycles. The average Bonchev–Trinajstić information content (AvgIpc) is 2.05. The van der Waals surface area contributed by atoms with Crippen LogP contribution in [0.5, 0.6) is 0 Å². The fourth-order valence-electron chi connectivity index (χ4n) is 1.42. The highest BCUT2D eigenvalue weighted by Crippen LogP contribution is 2.30. The maximum Gasteiger partial charge on any atom is 0.416 e. The molecule has 4 heteroatoms. The van der Waals surface area contributed by atoms with Gasteiger partial charge in [-0.2, -0.15) is 13.2 Å². The largest absolute Gasteiger partial charge is 0.416 e. The van der Waals surface area contributed by atoms with Gasteiger partial charge in [0.15, 0.2) is 0 Å². The van der Waals surface area contributed by atoms with Crippen molar-refractivity contribution in [2.24, 2.45) is 0 Å². The van der Waals surface area contributed by atoms with Gasteiger partial charge in [-0.05, 0) is 43.5 Å². The molecule has 0 aromatic heterocycles. The Balaban J connectivity index is 2.98. The third-order valence-corrected chi connectivity index (χ3v) is 2.19. The number of aryl methyl sites for hydroxylation is 1. The molecule has 1 rings (SSSR count). The lowest BCUT2D eigenvalue weighted by Crippen LogP contribution is -2.09. The van der Waals surface area contributed by atoms with Crippen LogP contribution in [0, 0.1) is 6.92 Å². The summed E-state index contributed by atoms with van der Waals surface area (Å²) in [5.41, 5.74) is 0.665. The first-order chi connectivity index (χ1) is 6.80. The van der Waals surface area contributed by atoms with Gasteiger partial charge in [0.05, 0.1) is 11.7 Å². The molecule has 0 radical (unpaired) electrons. The van der Waals surface area contributed by atoms with E-state index in [4.69, 9.17) is 5.11 Å². The third kappa shape index (κ3) is 3.23. The highest BCUT2D eigenvalue weighted by atomic mass is 19.4. The van der Waals surface area contributed by atoms with Gasteiger partial charge in [0, 0.05) is 0 Å². The van der Waals surface area contributed by atoms with E-state index in [1.165, 1.54) is 6.07 Å². The molecule has 0 aliphatic carbocycles. The first-order valence-corrected chi connectivity index (χ1v) is 4.65. The number of alkyl halides is 3. The second-order valence-electron chi connectivity index (χ2n) is 3.69. The molecular weight excluding hydrogens is 205 g/mol. The predicted octanol–water partition coefficient (Wildman–Crippen LogP) is 2.94. The fourth-order valence-corrected chi connectivity index (χ4v) is 1.42. The van der Waals surface area contributed by atoms with Gasteiger partial charge >= 0.3 is 6.18 Å². The smallest absolute Gasteiger partial charge is 0.393 e. The van der Waals surface area contributed by atoms with E-state index in [1.807, 2.05) is 0 Å². The lowest BCUT2D eigenvalue weighted by molar-refractivity contribution is -0.137. The quantitative estimate of drug-likeness (QED) is 0.809. The summed E-state index contributed by atoms with van der Waals surface area (Å²) in [6.45, 7) is 3.23. The van der Waals surface area contributed by atoms with E-state index in [1.54, 1.807) is 13.8 Å². The van der Waals surface area contributed by atoms with Crippen molar-refractivity contribution in [3.8, 4) is 0 Å². The molecule has 0 amide bonds. The van der Waals surface area contributed by atoms with Gasteiger partial charge in [0.1, 0.15) is 0 Å². The molecular formula is C11H13F3O. The number of rotatable bonds is 2. The summed E-state index contributed by atoms with van der Waals surface area (Å²) in [4.78, 5) is 0. The van der Waals surface area contributed by atoms with Gasteiger partial charge in [-0.15, -0.1) is 0 Å². The number of halogens is 3. The number of aliphatic hydroxyl groups excluding tert-OH is 1. The molecule has 0 aliphatic rings. The van der Waals surface area contributed by atoms with Crippen LogP contribution in [-0.2, 0) is 12.6 Å². The van der Waals surface area contributed by atoms with Crippen LogP contribution in [0.25, 0.3) is 0 Å². The Bertz CT molecular complexity index is 342. The van der Waals surface area contributed by atoms with Crippen molar-refractivity contribution >= 4 is 0 Å². The normalized spacial score (nSPS) is 14.0. The summed E-state index contributed by atoms with van der Waals surface area (Å²) >= 11 is 0. The molecule has 0 bridgehead atoms. The van der Waals surface area contributed by atoms with E-state index >= 15 is 0 Å². The second-order valence-corrected chi connectivity index (χ2v) is 3.69. The van der Waals surface area contributed by atoms with Crippen molar-refractivity contribution in [2.75, 3.05) is 0 Å². The van der Waals surface area contributed by atoms with Crippen LogP contribution in [-0.4, -0.2) is 11.2 Å². The zero-order valence-corrected chi connectivity index (χ0v) is 8.60. The highest BCUT2D eigenvalue weighted by molar-refractivity contribution is 5.32. The van der Waals surface area contributed by atoms with E-state index in [2.05, 4.69) is 0 Å². The number of benzene rings is 1. The summed E-state index contributed by atoms with van der Waals surface area (Å²) in [6.07, 6.45) is -4.46. The van der Waals surface area contributed by atoms with Crippen molar-refractivity contribution in [3.63, 3.8) is 0 Å². The molecule has 1 aromatic rings. The minimum Gasteiger partial charge on any atom is -0.393 e. The van der Waals surface area contributed by atoms with Crippen LogP contribution < -0.4 is 0 Å². The minimum atomic E-state index is -4.30. The predicted molar refractivity (Wildman–Crippen MR) is 51.6 cm³/mol. The second kappa shape index (κ2) is 4.23. The topological polar surface area (TPSA) is 20.2 Å². The van der Waals surface area contributed by atoms with E-state index < -0.39 is 17.8 Å². The van der Waals surface area contributed by atoms with Gasteiger partial charge in [-0.25, -0.2) is 0 Å². The number of hydrogen-bond acceptors (Lipinski definition) is 1. The molecule has 1 atom stereocenters. The third-order valence-electron chi connectivity index (χ3n) is 2.19. The van der Waals surface area contributed by atoms with Crippen molar-refractivity contribution in [1.29, 1.82) is 0 Å². The van der Waals surface area contributed by atoms with Crippen molar-refractivity contribution in [1.82, 2.24) is 0 Å². The van der Waals surface area contributed by atoms with Gasteiger partial charge in [-0.1, -0.05) is 6.07 Å². The van der Waals surface area contributed by atoms with Crippen LogP contribution in [0.3, 0.4) is 0 Å². The molecule has 0 fully saturated rings. The summed E-state index contributed by atoms with van der Waals surface area (Å²) in [5, 5.41) is 9.14. The van der Waals surface area contributed by atoms with E-state index in [0.29, 0.717) is 12.0 Å². The molecule has 84 valence electrons. The van der Waals surface area contributed by atoms with Crippen LogP contribution in [0.4, 0.5) is 13.2 Å². The lowest BCUT2D eigenvalue weighted by Gasteiger charge is -2.12. The van der Waals surface area contributed by atoms with Crippen molar-refractivity contribution in [3.05, 3.63) is 34.9 Å². The molecule has 0 unspecified atom stereocenters. The Morgan fingerprint density at radius 2 is 1.93 bits per heavy atom. The zero-order valence-electron chi connectivity index (χ0n) is 8.60. The Hall–Kier alpha value is -1.03. The summed E-state index contributed by atoms with van der Waals surface area (Å²) in [7, 11) is 0. The van der Waals surface area contributed by atoms with Gasteiger partial charge in [-0.3, -0.25) is 0 Å². The zero-order chi connectivity index (χ0) is 11.6. The van der Waals surface area contributed by atoms with Crippen LogP contribution in [0.15, 0.2) is 18.2 Å². The first kappa shape index (κ1) is 12.0. The van der Waals surface area contributed by atoms with E-state index in [0.717, 1.165) is 17.7 Å². The molecule has 15 heavy (non-hydrogen) atoms. The molecule has 0 spiro atoms. The summed E-state index contributed by atoms with van der Waals surface area (Å²) in [5.74, 6) is 0. The van der Waals surface area contributed by atoms with Gasteiger partial charge < -0.3 is 5.11 Å². The maximum atomic E-state index is 12.3. The van der Waals surface area contributed by atoms with Crippen LogP contribution in [0.1, 0.15) is 23.6 Å². The van der Waals surface area contributed by atoms with Crippen LogP contribution in [0.2, 0.25) is 0 Å². The molecule has 0 saturated heterocycles. The Morgan fingerprint density at radius 1 is 1.33 bits per heavy atom. The Kier molecular flexibility index (Phi) is 3.39. The maximum absolute atomic E-state index is 12.3. The molecule has 0 heterocycles. The Morgan fingerprint density at radius 3 is 2.33 bits per heavy atom. The monoisotopic (exact) mass is 218 g/mol. The molecule has 1 N–H and O–H groups in total. The molecule has 1 aromatic carbocycles. The standard InChI is InChI=1S/C11H13F3O/c1-7-5-10(11(12,13)14)4-3-9(7)6-8(2)15/h3-5,8,15H,6H2,1-2H3/t8-/m1/s1. The highest BCUT2D eigenvalue weighted by Gasteiger charge is 2.30. The lowest BCUT2D eigenvalue weighted by atomic mass is 10.0. The van der Waals surface area contributed by atoms with E-state index in [-0.39, 0.29) is 0 Å². The van der Waals surface area contributed by atoms with E-state index in [9.17, 15) is 13.2 Å². The Labute approximate surface area is 86.5 Å². The summed E-state index contributed by atoms with van der Waals surface area (Å²) < 4.78 is 36.9. The first-order valence-electron chi connectivity index (χ1n) is 4.65. The number of aliphatic hydroxyl groups is 1. The minimum absolute atomic E-state index is 0.379. The number of hydrogen-bond donors (Lipinski definition) is 1.